The SMILES string of the molecule is Cc1cc(-c2cnc3nc(NC(=O)c4cnc(C)cc4Cl)sc3n2)ccn1. The number of hydrogen-bond donors (Lipinski definition) is 1. The summed E-state index contributed by atoms with van der Waals surface area (Å²) in [5, 5.41) is 3.47. The Balaban J connectivity index is 1.62. The van der Waals surface area contributed by atoms with Gasteiger partial charge in [0, 0.05) is 29.3 Å². The maximum Gasteiger partial charge on any atom is 0.260 e. The fourth-order valence-electron chi connectivity index (χ4n) is 2.48. The molecule has 1 amide bonds. The first-order valence-corrected chi connectivity index (χ1v) is 9.19. The molecule has 27 heavy (non-hydrogen) atoms. The van der Waals surface area contributed by atoms with Crippen LogP contribution in [0, 0.1) is 13.8 Å². The molecule has 4 aromatic rings. The van der Waals surface area contributed by atoms with Gasteiger partial charge >= 0.3 is 0 Å². The maximum absolute atomic E-state index is 12.4. The van der Waals surface area contributed by atoms with Crippen LogP contribution in [0.2, 0.25) is 5.02 Å². The van der Waals surface area contributed by atoms with Crippen molar-refractivity contribution in [2.75, 3.05) is 5.32 Å². The minimum atomic E-state index is -0.378. The third kappa shape index (κ3) is 3.62. The van der Waals surface area contributed by atoms with E-state index in [2.05, 4.69) is 30.2 Å². The first-order chi connectivity index (χ1) is 13.0. The highest BCUT2D eigenvalue weighted by molar-refractivity contribution is 7.21. The summed E-state index contributed by atoms with van der Waals surface area (Å²) in [4.78, 5) is 34.6. The van der Waals surface area contributed by atoms with E-state index in [0.717, 1.165) is 22.6 Å². The highest BCUT2D eigenvalue weighted by Gasteiger charge is 2.15. The molecule has 0 aromatic carbocycles. The third-order valence-electron chi connectivity index (χ3n) is 3.77. The zero-order valence-electron chi connectivity index (χ0n) is 14.4. The third-order valence-corrected chi connectivity index (χ3v) is 4.94. The first kappa shape index (κ1) is 17.4. The summed E-state index contributed by atoms with van der Waals surface area (Å²) in [6.07, 6.45) is 4.83. The number of thiazole rings is 1. The van der Waals surface area contributed by atoms with Crippen LogP contribution in [0.3, 0.4) is 0 Å². The molecule has 4 rings (SSSR count). The molecule has 1 N–H and O–H groups in total. The molecular formula is C18H13ClN6OS. The number of aromatic nitrogens is 5. The zero-order chi connectivity index (χ0) is 19.0. The van der Waals surface area contributed by atoms with Crippen molar-refractivity contribution in [3.05, 3.63) is 58.8 Å². The van der Waals surface area contributed by atoms with Crippen molar-refractivity contribution < 1.29 is 4.79 Å². The molecule has 9 heteroatoms. The van der Waals surface area contributed by atoms with E-state index in [9.17, 15) is 4.79 Å². The van der Waals surface area contributed by atoms with E-state index in [4.69, 9.17) is 11.6 Å². The lowest BCUT2D eigenvalue weighted by Crippen LogP contribution is -2.12. The Morgan fingerprint density at radius 2 is 1.89 bits per heavy atom. The molecule has 0 aliphatic heterocycles. The summed E-state index contributed by atoms with van der Waals surface area (Å²) in [6, 6.07) is 5.45. The zero-order valence-corrected chi connectivity index (χ0v) is 16.0. The molecular weight excluding hydrogens is 384 g/mol. The minimum absolute atomic E-state index is 0.287. The number of anilines is 1. The van der Waals surface area contributed by atoms with Gasteiger partial charge in [0.05, 0.1) is 22.5 Å². The quantitative estimate of drug-likeness (QED) is 0.561. The van der Waals surface area contributed by atoms with Crippen molar-refractivity contribution in [3.63, 3.8) is 0 Å². The number of carbonyl (C=O) groups is 1. The highest BCUT2D eigenvalue weighted by atomic mass is 35.5. The smallest absolute Gasteiger partial charge is 0.260 e. The van der Waals surface area contributed by atoms with Crippen molar-refractivity contribution in [1.82, 2.24) is 24.9 Å². The Morgan fingerprint density at radius 1 is 1.07 bits per heavy atom. The van der Waals surface area contributed by atoms with Gasteiger partial charge < -0.3 is 0 Å². The molecule has 0 fully saturated rings. The Kier molecular flexibility index (Phi) is 4.51. The van der Waals surface area contributed by atoms with Crippen LogP contribution in [0.15, 0.2) is 36.8 Å². The van der Waals surface area contributed by atoms with Gasteiger partial charge in [0.1, 0.15) is 0 Å². The molecule has 0 spiro atoms. The summed E-state index contributed by atoms with van der Waals surface area (Å²) < 4.78 is 0. The molecule has 4 aromatic heterocycles. The lowest BCUT2D eigenvalue weighted by molar-refractivity contribution is 0.102. The molecule has 7 nitrogen and oxygen atoms in total. The van der Waals surface area contributed by atoms with E-state index < -0.39 is 0 Å². The molecule has 4 heterocycles. The van der Waals surface area contributed by atoms with Crippen molar-refractivity contribution in [1.29, 1.82) is 0 Å². The predicted molar refractivity (Wildman–Crippen MR) is 105 cm³/mol. The van der Waals surface area contributed by atoms with Crippen LogP contribution in [-0.2, 0) is 0 Å². The minimum Gasteiger partial charge on any atom is -0.298 e. The van der Waals surface area contributed by atoms with Crippen LogP contribution in [0.4, 0.5) is 5.13 Å². The Bertz CT molecular complexity index is 1180. The number of nitrogens with one attached hydrogen (secondary N) is 1. The number of pyridine rings is 2. The second-order valence-electron chi connectivity index (χ2n) is 5.85. The topological polar surface area (TPSA) is 93.6 Å². The van der Waals surface area contributed by atoms with Crippen LogP contribution in [-0.4, -0.2) is 30.8 Å². The Morgan fingerprint density at radius 3 is 2.67 bits per heavy atom. The molecule has 0 saturated carbocycles. The molecule has 134 valence electrons. The maximum atomic E-state index is 12.4. The molecule has 0 saturated heterocycles. The molecule has 0 aliphatic rings. The largest absolute Gasteiger partial charge is 0.298 e. The number of halogens is 1. The number of rotatable bonds is 3. The number of nitrogens with zero attached hydrogens (tertiary/aromatic N) is 5. The second-order valence-corrected chi connectivity index (χ2v) is 7.23. The fourth-order valence-corrected chi connectivity index (χ4v) is 3.56. The summed E-state index contributed by atoms with van der Waals surface area (Å²) in [7, 11) is 0. The highest BCUT2D eigenvalue weighted by Crippen LogP contribution is 2.27. The number of aryl methyl sites for hydroxylation is 2. The summed E-state index contributed by atoms with van der Waals surface area (Å²) in [6.45, 7) is 3.72. The Labute approximate surface area is 163 Å². The van der Waals surface area contributed by atoms with Crippen molar-refractivity contribution in [3.8, 4) is 11.3 Å². The van der Waals surface area contributed by atoms with Crippen molar-refractivity contribution >= 4 is 44.5 Å². The molecule has 0 bridgehead atoms. The number of amides is 1. The van der Waals surface area contributed by atoms with E-state index in [-0.39, 0.29) is 11.5 Å². The van der Waals surface area contributed by atoms with Crippen molar-refractivity contribution in [2.45, 2.75) is 13.8 Å². The lowest BCUT2D eigenvalue weighted by atomic mass is 10.2. The molecule has 0 unspecified atom stereocenters. The van der Waals surface area contributed by atoms with E-state index in [1.54, 1.807) is 25.4 Å². The van der Waals surface area contributed by atoms with Gasteiger partial charge in [0.15, 0.2) is 15.6 Å². The number of carbonyl (C=O) groups excluding carboxylic acids is 1. The van der Waals surface area contributed by atoms with Gasteiger partial charge in [-0.2, -0.15) is 4.98 Å². The number of fused-ring (bicyclic) bond motifs is 1. The normalized spacial score (nSPS) is 10.9. The van der Waals surface area contributed by atoms with Gasteiger partial charge in [0.2, 0.25) is 0 Å². The average Bonchev–Trinajstić information content (AvgIpc) is 3.02. The molecule has 0 radical (unpaired) electrons. The van der Waals surface area contributed by atoms with E-state index >= 15 is 0 Å². The monoisotopic (exact) mass is 396 g/mol. The van der Waals surface area contributed by atoms with E-state index in [1.165, 1.54) is 17.5 Å². The van der Waals surface area contributed by atoms with Crippen LogP contribution in [0.1, 0.15) is 21.7 Å². The van der Waals surface area contributed by atoms with Crippen LogP contribution in [0.5, 0.6) is 0 Å². The van der Waals surface area contributed by atoms with Crippen LogP contribution in [0.25, 0.3) is 21.7 Å². The Hall–Kier alpha value is -2.97. The summed E-state index contributed by atoms with van der Waals surface area (Å²) in [5.41, 5.74) is 4.04. The summed E-state index contributed by atoms with van der Waals surface area (Å²) >= 11 is 7.37. The summed E-state index contributed by atoms with van der Waals surface area (Å²) in [5.74, 6) is -0.378. The number of hydrogen-bond acceptors (Lipinski definition) is 7. The standard InChI is InChI=1S/C18H13ClN6OS/c1-9-5-11(3-4-20-9)14-8-22-15-17(23-14)27-18(24-15)25-16(26)12-7-21-10(2)6-13(12)19/h3-8H,1-2H3,(H,22,24,25,26). The van der Waals surface area contributed by atoms with E-state index in [1.807, 2.05) is 19.1 Å². The van der Waals surface area contributed by atoms with Crippen molar-refractivity contribution in [2.24, 2.45) is 0 Å². The molecule has 0 aliphatic carbocycles. The fraction of sp³-hybridized carbons (Fsp3) is 0.111. The van der Waals surface area contributed by atoms with Crippen LogP contribution < -0.4 is 5.32 Å². The van der Waals surface area contributed by atoms with Gasteiger partial charge in [0.25, 0.3) is 5.91 Å². The van der Waals surface area contributed by atoms with E-state index in [0.29, 0.717) is 20.6 Å². The van der Waals surface area contributed by atoms with Gasteiger partial charge in [-0.05, 0) is 32.0 Å². The molecule has 0 atom stereocenters. The predicted octanol–water partition coefficient (Wildman–Crippen LogP) is 4.07. The van der Waals surface area contributed by atoms with Gasteiger partial charge in [-0.25, -0.2) is 9.97 Å². The van der Waals surface area contributed by atoms with Crippen LogP contribution >= 0.6 is 22.9 Å². The first-order valence-electron chi connectivity index (χ1n) is 8.00. The second kappa shape index (κ2) is 6.98. The van der Waals surface area contributed by atoms with Gasteiger partial charge in [-0.3, -0.25) is 20.1 Å². The average molecular weight is 397 g/mol. The van der Waals surface area contributed by atoms with Gasteiger partial charge in [-0.1, -0.05) is 22.9 Å². The van der Waals surface area contributed by atoms with Gasteiger partial charge in [-0.15, -0.1) is 0 Å². The lowest BCUT2D eigenvalue weighted by Gasteiger charge is -2.03.